The number of hydrogen-bond acceptors (Lipinski definition) is 3. The van der Waals surface area contributed by atoms with Crippen molar-refractivity contribution in [3.05, 3.63) is 29.3 Å². The molecule has 1 aromatic rings. The number of nitrogens with one attached hydrogen (secondary N) is 1. The largest absolute Gasteiger partial charge is 0.396 e. The fraction of sp³-hybridized carbons (Fsp3) is 0.562. The molecule has 0 aromatic heterocycles. The van der Waals surface area contributed by atoms with Gasteiger partial charge in [0.05, 0.1) is 11.3 Å². The molecule has 6 heteroatoms. The first kappa shape index (κ1) is 15.2. The third kappa shape index (κ3) is 3.21. The molecule has 0 atom stereocenters. The Morgan fingerprint density at radius 3 is 2.55 bits per heavy atom. The summed E-state index contributed by atoms with van der Waals surface area (Å²) < 4.78 is 27.1. The van der Waals surface area contributed by atoms with E-state index in [1.54, 1.807) is 0 Å². The van der Waals surface area contributed by atoms with Crippen LogP contribution in [0.1, 0.15) is 36.0 Å². The second kappa shape index (κ2) is 5.83. The summed E-state index contributed by atoms with van der Waals surface area (Å²) in [5.74, 6) is -2.14. The third-order valence-electron chi connectivity index (χ3n) is 4.67. The lowest BCUT2D eigenvalue weighted by atomic mass is 10.1. The van der Waals surface area contributed by atoms with Crippen molar-refractivity contribution in [2.24, 2.45) is 5.41 Å². The molecule has 22 heavy (non-hydrogen) atoms. The number of likely N-dealkylation sites (tertiary alicyclic amines) is 1. The van der Waals surface area contributed by atoms with E-state index < -0.39 is 17.5 Å². The molecule has 1 aromatic carbocycles. The van der Waals surface area contributed by atoms with Gasteiger partial charge in [-0.05, 0) is 44.8 Å². The van der Waals surface area contributed by atoms with Gasteiger partial charge in [0.15, 0.2) is 0 Å². The van der Waals surface area contributed by atoms with Gasteiger partial charge in [-0.15, -0.1) is 0 Å². The van der Waals surface area contributed by atoms with E-state index in [1.807, 2.05) is 0 Å². The fourth-order valence-corrected chi connectivity index (χ4v) is 3.08. The number of carbonyl (C=O) groups is 1. The highest BCUT2D eigenvalue weighted by Gasteiger charge is 2.44. The molecule has 2 fully saturated rings. The van der Waals surface area contributed by atoms with Gasteiger partial charge < -0.3 is 16.0 Å². The summed E-state index contributed by atoms with van der Waals surface area (Å²) in [5.41, 5.74) is 4.82. The van der Waals surface area contributed by atoms with E-state index in [-0.39, 0.29) is 16.7 Å². The van der Waals surface area contributed by atoms with E-state index in [1.165, 1.54) is 12.8 Å². The van der Waals surface area contributed by atoms with Gasteiger partial charge in [0.25, 0.3) is 5.91 Å². The average Bonchev–Trinajstić information content (AvgIpc) is 3.05. The molecule has 0 unspecified atom stereocenters. The maximum absolute atomic E-state index is 13.7. The Kier molecular flexibility index (Phi) is 4.04. The van der Waals surface area contributed by atoms with Gasteiger partial charge in [-0.3, -0.25) is 4.79 Å². The summed E-state index contributed by atoms with van der Waals surface area (Å²) in [6.07, 6.45) is 4.61. The highest BCUT2D eigenvalue weighted by Crippen LogP contribution is 2.46. The topological polar surface area (TPSA) is 58.4 Å². The maximum atomic E-state index is 13.7. The lowest BCUT2D eigenvalue weighted by molar-refractivity contribution is 0.0935. The van der Waals surface area contributed by atoms with Crippen LogP contribution >= 0.6 is 0 Å². The van der Waals surface area contributed by atoms with Crippen molar-refractivity contribution in [3.8, 4) is 0 Å². The molecule has 1 aliphatic heterocycles. The molecule has 0 radical (unpaired) electrons. The Balaban J connectivity index is 1.59. The van der Waals surface area contributed by atoms with Crippen LogP contribution in [0, 0.1) is 17.0 Å². The standard InChI is InChI=1S/C16H21F2N3O/c17-12-8-14(19)13(18)7-11(12)15(22)20-9-16(3-4-16)10-21-5-1-2-6-21/h7-8H,1-6,9-10,19H2,(H,20,22). The van der Waals surface area contributed by atoms with Crippen LogP contribution < -0.4 is 11.1 Å². The summed E-state index contributed by atoms with van der Waals surface area (Å²) in [6, 6.07) is 1.71. The monoisotopic (exact) mass is 309 g/mol. The lowest BCUT2D eigenvalue weighted by Crippen LogP contribution is -2.37. The Bertz CT molecular complexity index is 581. The molecule has 0 spiro atoms. The second-order valence-corrected chi connectivity index (χ2v) is 6.52. The fourth-order valence-electron chi connectivity index (χ4n) is 3.08. The van der Waals surface area contributed by atoms with E-state index in [0.717, 1.165) is 44.6 Å². The predicted molar refractivity (Wildman–Crippen MR) is 80.4 cm³/mol. The number of carbonyl (C=O) groups excluding carboxylic acids is 1. The van der Waals surface area contributed by atoms with Crippen LogP contribution in [-0.2, 0) is 0 Å². The normalized spacial score (nSPS) is 20.1. The molecule has 0 bridgehead atoms. The number of amides is 1. The number of benzene rings is 1. The molecule has 120 valence electrons. The highest BCUT2D eigenvalue weighted by molar-refractivity contribution is 5.94. The van der Waals surface area contributed by atoms with Crippen molar-refractivity contribution in [1.29, 1.82) is 0 Å². The Labute approximate surface area is 128 Å². The maximum Gasteiger partial charge on any atom is 0.254 e. The van der Waals surface area contributed by atoms with E-state index in [9.17, 15) is 13.6 Å². The van der Waals surface area contributed by atoms with Gasteiger partial charge in [-0.25, -0.2) is 8.78 Å². The zero-order valence-electron chi connectivity index (χ0n) is 12.5. The van der Waals surface area contributed by atoms with Crippen LogP contribution in [0.2, 0.25) is 0 Å². The first-order valence-electron chi connectivity index (χ1n) is 7.74. The molecule has 1 saturated heterocycles. The van der Waals surface area contributed by atoms with Crippen LogP contribution in [0.5, 0.6) is 0 Å². The summed E-state index contributed by atoms with van der Waals surface area (Å²) in [5, 5.41) is 2.75. The van der Waals surface area contributed by atoms with Gasteiger partial charge in [-0.1, -0.05) is 0 Å². The molecule has 1 amide bonds. The minimum atomic E-state index is -0.791. The van der Waals surface area contributed by atoms with Crippen molar-refractivity contribution in [2.45, 2.75) is 25.7 Å². The molecule has 1 heterocycles. The number of anilines is 1. The van der Waals surface area contributed by atoms with Crippen LogP contribution in [-0.4, -0.2) is 37.0 Å². The molecular weight excluding hydrogens is 288 g/mol. The SMILES string of the molecule is Nc1cc(F)c(C(=O)NCC2(CN3CCCC3)CC2)cc1F. The van der Waals surface area contributed by atoms with Crippen molar-refractivity contribution < 1.29 is 13.6 Å². The quantitative estimate of drug-likeness (QED) is 0.820. The average molecular weight is 309 g/mol. The zero-order valence-corrected chi connectivity index (χ0v) is 12.5. The first-order chi connectivity index (χ1) is 10.5. The smallest absolute Gasteiger partial charge is 0.254 e. The van der Waals surface area contributed by atoms with E-state index in [4.69, 9.17) is 5.73 Å². The summed E-state index contributed by atoms with van der Waals surface area (Å²) >= 11 is 0. The molecular formula is C16H21F2N3O. The number of halogens is 2. The van der Waals surface area contributed by atoms with E-state index in [0.29, 0.717) is 6.54 Å². The molecule has 2 aliphatic rings. The van der Waals surface area contributed by atoms with Gasteiger partial charge in [0.2, 0.25) is 0 Å². The highest BCUT2D eigenvalue weighted by atomic mass is 19.1. The third-order valence-corrected chi connectivity index (χ3v) is 4.67. The Morgan fingerprint density at radius 2 is 1.91 bits per heavy atom. The number of nitrogens with two attached hydrogens (primary N) is 1. The van der Waals surface area contributed by atoms with Crippen LogP contribution in [0.3, 0.4) is 0 Å². The van der Waals surface area contributed by atoms with Crippen molar-refractivity contribution in [3.63, 3.8) is 0 Å². The summed E-state index contributed by atoms with van der Waals surface area (Å²) in [6.45, 7) is 3.72. The molecule has 3 rings (SSSR count). The zero-order chi connectivity index (χ0) is 15.7. The number of nitrogen functional groups attached to an aromatic ring is 1. The predicted octanol–water partition coefficient (Wildman–Crippen LogP) is 2.15. The second-order valence-electron chi connectivity index (χ2n) is 6.52. The van der Waals surface area contributed by atoms with E-state index in [2.05, 4.69) is 10.2 Å². The van der Waals surface area contributed by atoms with Crippen molar-refractivity contribution in [2.75, 3.05) is 31.9 Å². The van der Waals surface area contributed by atoms with E-state index >= 15 is 0 Å². The lowest BCUT2D eigenvalue weighted by Gasteiger charge is -2.23. The van der Waals surface area contributed by atoms with Crippen LogP contribution in [0.4, 0.5) is 14.5 Å². The number of nitrogens with zero attached hydrogens (tertiary/aromatic N) is 1. The minimum absolute atomic E-state index is 0.114. The van der Waals surface area contributed by atoms with Gasteiger partial charge in [-0.2, -0.15) is 0 Å². The van der Waals surface area contributed by atoms with Gasteiger partial charge in [0.1, 0.15) is 11.6 Å². The van der Waals surface area contributed by atoms with Crippen LogP contribution in [0.15, 0.2) is 12.1 Å². The molecule has 1 saturated carbocycles. The summed E-state index contributed by atoms with van der Waals surface area (Å²) in [7, 11) is 0. The first-order valence-corrected chi connectivity index (χ1v) is 7.74. The minimum Gasteiger partial charge on any atom is -0.396 e. The van der Waals surface area contributed by atoms with Gasteiger partial charge in [0, 0.05) is 24.6 Å². The Morgan fingerprint density at radius 1 is 1.23 bits per heavy atom. The number of hydrogen-bond donors (Lipinski definition) is 2. The molecule has 3 N–H and O–H groups in total. The van der Waals surface area contributed by atoms with Gasteiger partial charge >= 0.3 is 0 Å². The van der Waals surface area contributed by atoms with Crippen molar-refractivity contribution >= 4 is 11.6 Å². The molecule has 4 nitrogen and oxygen atoms in total. The Hall–Kier alpha value is -1.69. The summed E-state index contributed by atoms with van der Waals surface area (Å²) in [4.78, 5) is 14.5. The van der Waals surface area contributed by atoms with Crippen LogP contribution in [0.25, 0.3) is 0 Å². The number of rotatable bonds is 5. The van der Waals surface area contributed by atoms with Crippen molar-refractivity contribution in [1.82, 2.24) is 10.2 Å². The molecule has 1 aliphatic carbocycles.